The van der Waals surface area contributed by atoms with E-state index in [2.05, 4.69) is 34.0 Å². The van der Waals surface area contributed by atoms with E-state index in [1.807, 2.05) is 0 Å². The largest absolute Gasteiger partial charge is 0.379 e. The zero-order chi connectivity index (χ0) is 13.5. The van der Waals surface area contributed by atoms with E-state index in [0.29, 0.717) is 0 Å². The standard InChI is InChI=1S/C13H24N4OS/c1-3-5-12-14-15-13(19-12)16(2)6-4-7-17-8-10-18-11-9-17/h3-11H2,1-2H3. The molecule has 108 valence electrons. The van der Waals surface area contributed by atoms with Gasteiger partial charge in [0.1, 0.15) is 5.01 Å². The molecule has 0 unspecified atom stereocenters. The second-order valence-electron chi connectivity index (χ2n) is 4.96. The summed E-state index contributed by atoms with van der Waals surface area (Å²) in [6.07, 6.45) is 3.34. The first-order valence-electron chi connectivity index (χ1n) is 7.13. The van der Waals surface area contributed by atoms with Crippen LogP contribution in [0.2, 0.25) is 0 Å². The van der Waals surface area contributed by atoms with Gasteiger partial charge in [-0.2, -0.15) is 0 Å². The summed E-state index contributed by atoms with van der Waals surface area (Å²) in [6.45, 7) is 8.27. The topological polar surface area (TPSA) is 41.5 Å². The second-order valence-corrected chi connectivity index (χ2v) is 6.00. The van der Waals surface area contributed by atoms with Crippen molar-refractivity contribution in [2.75, 3.05) is 51.3 Å². The molecular formula is C13H24N4OS. The van der Waals surface area contributed by atoms with Gasteiger partial charge in [0.25, 0.3) is 0 Å². The summed E-state index contributed by atoms with van der Waals surface area (Å²) in [4.78, 5) is 4.69. The van der Waals surface area contributed by atoms with Crippen LogP contribution in [0.3, 0.4) is 0 Å². The van der Waals surface area contributed by atoms with Gasteiger partial charge >= 0.3 is 0 Å². The molecule has 0 bridgehead atoms. The van der Waals surface area contributed by atoms with Crippen LogP contribution in [-0.4, -0.2) is 61.5 Å². The third-order valence-electron chi connectivity index (χ3n) is 3.32. The van der Waals surface area contributed by atoms with Crippen LogP contribution >= 0.6 is 11.3 Å². The zero-order valence-corrected chi connectivity index (χ0v) is 12.8. The first kappa shape index (κ1) is 14.7. The molecule has 2 rings (SSSR count). The molecule has 0 saturated carbocycles. The van der Waals surface area contributed by atoms with Crippen molar-refractivity contribution in [1.82, 2.24) is 15.1 Å². The quantitative estimate of drug-likeness (QED) is 0.761. The van der Waals surface area contributed by atoms with Gasteiger partial charge in [0.05, 0.1) is 13.2 Å². The van der Waals surface area contributed by atoms with Gasteiger partial charge in [-0.15, -0.1) is 10.2 Å². The van der Waals surface area contributed by atoms with E-state index in [9.17, 15) is 0 Å². The average molecular weight is 284 g/mol. The first-order valence-corrected chi connectivity index (χ1v) is 7.95. The van der Waals surface area contributed by atoms with Crippen molar-refractivity contribution in [3.8, 4) is 0 Å². The van der Waals surface area contributed by atoms with Crippen LogP contribution in [0.15, 0.2) is 0 Å². The fourth-order valence-corrected chi connectivity index (χ4v) is 3.09. The van der Waals surface area contributed by atoms with E-state index in [1.165, 1.54) is 6.42 Å². The zero-order valence-electron chi connectivity index (χ0n) is 12.0. The maximum atomic E-state index is 5.35. The first-order chi connectivity index (χ1) is 9.29. The molecule has 1 saturated heterocycles. The molecule has 0 atom stereocenters. The summed E-state index contributed by atoms with van der Waals surface area (Å²) in [5.41, 5.74) is 0. The molecule has 1 fully saturated rings. The molecule has 0 N–H and O–H groups in total. The number of hydrogen-bond acceptors (Lipinski definition) is 6. The van der Waals surface area contributed by atoms with E-state index in [0.717, 1.165) is 62.4 Å². The van der Waals surface area contributed by atoms with Crippen molar-refractivity contribution in [1.29, 1.82) is 0 Å². The molecule has 5 nitrogen and oxygen atoms in total. The van der Waals surface area contributed by atoms with Crippen LogP contribution in [0, 0.1) is 0 Å². The van der Waals surface area contributed by atoms with Crippen LogP contribution < -0.4 is 4.90 Å². The summed E-state index contributed by atoms with van der Waals surface area (Å²) in [5, 5.41) is 10.7. The lowest BCUT2D eigenvalue weighted by Crippen LogP contribution is -2.37. The van der Waals surface area contributed by atoms with E-state index in [4.69, 9.17) is 4.74 Å². The molecule has 0 amide bonds. The maximum Gasteiger partial charge on any atom is 0.208 e. The molecular weight excluding hydrogens is 260 g/mol. The Morgan fingerprint density at radius 3 is 2.84 bits per heavy atom. The third kappa shape index (κ3) is 4.71. The summed E-state index contributed by atoms with van der Waals surface area (Å²) >= 11 is 1.72. The van der Waals surface area contributed by atoms with Crippen molar-refractivity contribution >= 4 is 16.5 Å². The normalized spacial score (nSPS) is 16.7. The molecule has 1 aliphatic rings. The van der Waals surface area contributed by atoms with Gasteiger partial charge in [-0.1, -0.05) is 18.3 Å². The number of rotatable bonds is 7. The lowest BCUT2D eigenvalue weighted by atomic mass is 10.3. The molecule has 0 aliphatic carbocycles. The molecule has 0 spiro atoms. The van der Waals surface area contributed by atoms with Gasteiger partial charge in [-0.3, -0.25) is 4.90 Å². The number of ether oxygens (including phenoxy) is 1. The Morgan fingerprint density at radius 1 is 1.32 bits per heavy atom. The minimum Gasteiger partial charge on any atom is -0.379 e. The lowest BCUT2D eigenvalue weighted by molar-refractivity contribution is 0.0377. The lowest BCUT2D eigenvalue weighted by Gasteiger charge is -2.27. The smallest absolute Gasteiger partial charge is 0.208 e. The third-order valence-corrected chi connectivity index (χ3v) is 4.42. The molecule has 0 aromatic carbocycles. The second kappa shape index (κ2) is 7.77. The predicted octanol–water partition coefficient (Wildman–Crippen LogP) is 1.65. The van der Waals surface area contributed by atoms with E-state index >= 15 is 0 Å². The Labute approximate surface area is 119 Å². The predicted molar refractivity (Wildman–Crippen MR) is 79.1 cm³/mol. The maximum absolute atomic E-state index is 5.35. The van der Waals surface area contributed by atoms with Crippen LogP contribution in [-0.2, 0) is 11.2 Å². The van der Waals surface area contributed by atoms with Crippen molar-refractivity contribution < 1.29 is 4.74 Å². The highest BCUT2D eigenvalue weighted by Crippen LogP contribution is 2.20. The molecule has 6 heteroatoms. The number of nitrogens with zero attached hydrogens (tertiary/aromatic N) is 4. The van der Waals surface area contributed by atoms with Gasteiger partial charge in [-0.25, -0.2) is 0 Å². The number of aromatic nitrogens is 2. The van der Waals surface area contributed by atoms with E-state index in [-0.39, 0.29) is 0 Å². The highest BCUT2D eigenvalue weighted by molar-refractivity contribution is 7.15. The average Bonchev–Trinajstić information content (AvgIpc) is 2.89. The number of morpholine rings is 1. The minimum atomic E-state index is 0.882. The highest BCUT2D eigenvalue weighted by Gasteiger charge is 2.11. The summed E-state index contributed by atoms with van der Waals surface area (Å²) in [6, 6.07) is 0. The molecule has 1 aromatic heterocycles. The molecule has 1 aliphatic heterocycles. The summed E-state index contributed by atoms with van der Waals surface area (Å²) in [7, 11) is 2.11. The minimum absolute atomic E-state index is 0.882. The number of aryl methyl sites for hydroxylation is 1. The van der Waals surface area contributed by atoms with E-state index in [1.54, 1.807) is 11.3 Å². The Morgan fingerprint density at radius 2 is 2.11 bits per heavy atom. The Hall–Kier alpha value is -0.720. The van der Waals surface area contributed by atoms with Gasteiger partial charge in [0.15, 0.2) is 0 Å². The molecule has 0 radical (unpaired) electrons. The van der Waals surface area contributed by atoms with Crippen molar-refractivity contribution in [3.63, 3.8) is 0 Å². The highest BCUT2D eigenvalue weighted by atomic mass is 32.1. The van der Waals surface area contributed by atoms with Gasteiger partial charge in [-0.05, 0) is 12.8 Å². The fourth-order valence-electron chi connectivity index (χ4n) is 2.17. The van der Waals surface area contributed by atoms with Crippen molar-refractivity contribution in [3.05, 3.63) is 5.01 Å². The van der Waals surface area contributed by atoms with Crippen LogP contribution in [0.25, 0.3) is 0 Å². The van der Waals surface area contributed by atoms with Crippen LogP contribution in [0.4, 0.5) is 5.13 Å². The van der Waals surface area contributed by atoms with Crippen molar-refractivity contribution in [2.45, 2.75) is 26.2 Å². The van der Waals surface area contributed by atoms with Crippen LogP contribution in [0.1, 0.15) is 24.8 Å². The molecule has 1 aromatic rings. The Kier molecular flexibility index (Phi) is 6.00. The summed E-state index contributed by atoms with van der Waals surface area (Å²) in [5.74, 6) is 0. The summed E-state index contributed by atoms with van der Waals surface area (Å²) < 4.78 is 5.35. The number of hydrogen-bond donors (Lipinski definition) is 0. The Balaban J connectivity index is 1.69. The van der Waals surface area contributed by atoms with Gasteiger partial charge in [0, 0.05) is 39.6 Å². The SMILES string of the molecule is CCCc1nnc(N(C)CCCN2CCOCC2)s1. The van der Waals surface area contributed by atoms with Crippen molar-refractivity contribution in [2.24, 2.45) is 0 Å². The van der Waals surface area contributed by atoms with E-state index < -0.39 is 0 Å². The van der Waals surface area contributed by atoms with Gasteiger partial charge < -0.3 is 9.64 Å². The monoisotopic (exact) mass is 284 g/mol. The number of anilines is 1. The molecule has 2 heterocycles. The molecule has 19 heavy (non-hydrogen) atoms. The Bertz CT molecular complexity index is 365. The van der Waals surface area contributed by atoms with Gasteiger partial charge in [0.2, 0.25) is 5.13 Å². The van der Waals surface area contributed by atoms with Crippen LogP contribution in [0.5, 0.6) is 0 Å². The fraction of sp³-hybridized carbons (Fsp3) is 0.846.